The van der Waals surface area contributed by atoms with Crippen LogP contribution in [0.25, 0.3) is 0 Å². The van der Waals surface area contributed by atoms with Crippen molar-refractivity contribution in [1.29, 1.82) is 0 Å². The van der Waals surface area contributed by atoms with Crippen LogP contribution in [0, 0.1) is 0 Å². The van der Waals surface area contributed by atoms with E-state index in [0.717, 1.165) is 18.8 Å². The summed E-state index contributed by atoms with van der Waals surface area (Å²) in [7, 11) is 1.47. The van der Waals surface area contributed by atoms with Gasteiger partial charge in [0.15, 0.2) is 0 Å². The van der Waals surface area contributed by atoms with E-state index in [4.69, 9.17) is 22.1 Å². The summed E-state index contributed by atoms with van der Waals surface area (Å²) in [6, 6.07) is 6.89. The predicted molar refractivity (Wildman–Crippen MR) is 93.1 cm³/mol. The van der Waals surface area contributed by atoms with Gasteiger partial charge in [-0.3, -0.25) is 9.59 Å². The van der Waals surface area contributed by atoms with Crippen LogP contribution in [-0.4, -0.2) is 69.2 Å². The predicted octanol–water partition coefficient (Wildman–Crippen LogP) is 0.0785. The lowest BCUT2D eigenvalue weighted by atomic mass is 10.2. The number of carbonyl (C=O) groups is 2. The van der Waals surface area contributed by atoms with Crippen molar-refractivity contribution in [1.82, 2.24) is 10.2 Å². The van der Waals surface area contributed by atoms with Gasteiger partial charge in [0.1, 0.15) is 6.04 Å². The molecule has 0 saturated carbocycles. The molecule has 1 saturated heterocycles. The smallest absolute Gasteiger partial charge is 0.242 e. The zero-order valence-electron chi connectivity index (χ0n) is 13.7. The van der Waals surface area contributed by atoms with Crippen LogP contribution in [0.15, 0.2) is 24.3 Å². The van der Waals surface area contributed by atoms with E-state index in [1.165, 1.54) is 7.11 Å². The molecule has 1 aliphatic rings. The molecule has 0 aromatic heterocycles. The lowest BCUT2D eigenvalue weighted by molar-refractivity contribution is -0.133. The summed E-state index contributed by atoms with van der Waals surface area (Å²) >= 11 is 5.89. The number of ether oxygens (including phenoxy) is 1. The number of benzene rings is 1. The van der Waals surface area contributed by atoms with Gasteiger partial charge in [0.2, 0.25) is 11.8 Å². The molecule has 1 aliphatic heterocycles. The van der Waals surface area contributed by atoms with E-state index in [9.17, 15) is 9.59 Å². The van der Waals surface area contributed by atoms with Gasteiger partial charge in [-0.25, -0.2) is 0 Å². The number of hydrogen-bond acceptors (Lipinski definition) is 5. The van der Waals surface area contributed by atoms with E-state index in [-0.39, 0.29) is 25.0 Å². The summed E-state index contributed by atoms with van der Waals surface area (Å²) in [6.45, 7) is 2.79. The van der Waals surface area contributed by atoms with Gasteiger partial charge in [0, 0.05) is 44.0 Å². The van der Waals surface area contributed by atoms with Gasteiger partial charge in [0.05, 0.1) is 13.2 Å². The summed E-state index contributed by atoms with van der Waals surface area (Å²) in [5, 5.41) is 3.25. The maximum Gasteiger partial charge on any atom is 0.242 e. The number of amides is 2. The first-order chi connectivity index (χ1) is 11.5. The molecule has 1 unspecified atom stereocenters. The Labute approximate surface area is 146 Å². The van der Waals surface area contributed by atoms with E-state index < -0.39 is 6.04 Å². The number of rotatable bonds is 6. The number of nitrogens with zero attached hydrogens (tertiary/aromatic N) is 2. The molecule has 1 aromatic rings. The van der Waals surface area contributed by atoms with Crippen molar-refractivity contribution in [2.75, 3.05) is 51.3 Å². The molecule has 1 fully saturated rings. The Morgan fingerprint density at radius 2 is 1.88 bits per heavy atom. The fraction of sp³-hybridized carbons (Fsp3) is 0.500. The Balaban J connectivity index is 1.76. The standard InChI is InChI=1S/C16H23ClN4O3/c1-24-11-14(18)16(23)19-10-15(22)21-8-6-20(7-9-21)13-4-2-12(17)3-5-13/h2-5,14H,6-11,18H2,1H3,(H,19,23). The topological polar surface area (TPSA) is 87.9 Å². The zero-order valence-corrected chi connectivity index (χ0v) is 14.5. The number of carbonyl (C=O) groups excluding carboxylic acids is 2. The minimum Gasteiger partial charge on any atom is -0.383 e. The Morgan fingerprint density at radius 1 is 1.25 bits per heavy atom. The molecule has 1 heterocycles. The van der Waals surface area contributed by atoms with Gasteiger partial charge in [-0.2, -0.15) is 0 Å². The first kappa shape index (κ1) is 18.5. The van der Waals surface area contributed by atoms with Crippen LogP contribution in [0.5, 0.6) is 0 Å². The van der Waals surface area contributed by atoms with Gasteiger partial charge in [-0.05, 0) is 24.3 Å². The number of nitrogens with one attached hydrogen (secondary N) is 1. The summed E-state index contributed by atoms with van der Waals surface area (Å²) in [5.41, 5.74) is 6.70. The van der Waals surface area contributed by atoms with E-state index in [2.05, 4.69) is 10.2 Å². The number of piperazine rings is 1. The van der Waals surface area contributed by atoms with Crippen molar-refractivity contribution in [2.24, 2.45) is 5.73 Å². The molecule has 1 aromatic carbocycles. The summed E-state index contributed by atoms with van der Waals surface area (Å²) in [4.78, 5) is 27.8. The Bertz CT molecular complexity index is 559. The SMILES string of the molecule is COCC(N)C(=O)NCC(=O)N1CCN(c2ccc(Cl)cc2)CC1. The molecule has 0 aliphatic carbocycles. The Kier molecular flexibility index (Phi) is 6.84. The van der Waals surface area contributed by atoms with Crippen molar-refractivity contribution < 1.29 is 14.3 Å². The Hall–Kier alpha value is -1.83. The molecule has 2 rings (SSSR count). The average Bonchev–Trinajstić information content (AvgIpc) is 2.60. The van der Waals surface area contributed by atoms with Crippen LogP contribution >= 0.6 is 11.6 Å². The van der Waals surface area contributed by atoms with Crippen molar-refractivity contribution in [3.63, 3.8) is 0 Å². The molecule has 132 valence electrons. The lowest BCUT2D eigenvalue weighted by Gasteiger charge is -2.36. The summed E-state index contributed by atoms with van der Waals surface area (Å²) in [5.74, 6) is -0.492. The van der Waals surface area contributed by atoms with E-state index in [1.54, 1.807) is 4.90 Å². The van der Waals surface area contributed by atoms with Crippen LogP contribution in [0.1, 0.15) is 0 Å². The maximum atomic E-state index is 12.2. The third-order valence-corrected chi connectivity index (χ3v) is 4.17. The van der Waals surface area contributed by atoms with E-state index >= 15 is 0 Å². The highest BCUT2D eigenvalue weighted by Gasteiger charge is 2.22. The van der Waals surface area contributed by atoms with Crippen LogP contribution in [0.3, 0.4) is 0 Å². The van der Waals surface area contributed by atoms with Gasteiger partial charge >= 0.3 is 0 Å². The molecule has 3 N–H and O–H groups in total. The first-order valence-electron chi connectivity index (χ1n) is 7.82. The van der Waals surface area contributed by atoms with Gasteiger partial charge in [0.25, 0.3) is 0 Å². The first-order valence-corrected chi connectivity index (χ1v) is 8.19. The number of methoxy groups -OCH3 is 1. The minimum absolute atomic E-state index is 0.0445. The highest BCUT2D eigenvalue weighted by Crippen LogP contribution is 2.19. The fourth-order valence-corrected chi connectivity index (χ4v) is 2.65. The molecule has 24 heavy (non-hydrogen) atoms. The number of nitrogens with two attached hydrogens (primary N) is 1. The second-order valence-electron chi connectivity index (χ2n) is 5.62. The van der Waals surface area contributed by atoms with Crippen molar-refractivity contribution in [3.8, 4) is 0 Å². The molecule has 8 heteroatoms. The minimum atomic E-state index is -0.760. The monoisotopic (exact) mass is 354 g/mol. The highest BCUT2D eigenvalue weighted by atomic mass is 35.5. The van der Waals surface area contributed by atoms with Gasteiger partial charge < -0.3 is 25.6 Å². The van der Waals surface area contributed by atoms with Crippen LogP contribution < -0.4 is 16.0 Å². The second-order valence-corrected chi connectivity index (χ2v) is 6.06. The largest absolute Gasteiger partial charge is 0.383 e. The normalized spacial score (nSPS) is 16.0. The van der Waals surface area contributed by atoms with E-state index in [1.807, 2.05) is 24.3 Å². The maximum absolute atomic E-state index is 12.2. The molecule has 0 spiro atoms. The van der Waals surface area contributed by atoms with Crippen LogP contribution in [0.2, 0.25) is 5.02 Å². The lowest BCUT2D eigenvalue weighted by Crippen LogP contribution is -2.52. The zero-order chi connectivity index (χ0) is 17.5. The number of anilines is 1. The van der Waals surface area contributed by atoms with Crippen molar-refractivity contribution in [3.05, 3.63) is 29.3 Å². The highest BCUT2D eigenvalue weighted by molar-refractivity contribution is 6.30. The van der Waals surface area contributed by atoms with E-state index in [0.29, 0.717) is 18.1 Å². The van der Waals surface area contributed by atoms with Crippen LogP contribution in [0.4, 0.5) is 5.69 Å². The molecule has 2 amide bonds. The fourth-order valence-electron chi connectivity index (χ4n) is 2.53. The molecule has 7 nitrogen and oxygen atoms in total. The summed E-state index contributed by atoms with van der Waals surface area (Å²) in [6.07, 6.45) is 0. The summed E-state index contributed by atoms with van der Waals surface area (Å²) < 4.78 is 4.81. The van der Waals surface area contributed by atoms with Gasteiger partial charge in [-0.15, -0.1) is 0 Å². The molecular weight excluding hydrogens is 332 g/mol. The second kappa shape index (κ2) is 8.86. The number of halogens is 1. The Morgan fingerprint density at radius 3 is 2.46 bits per heavy atom. The molecular formula is C16H23ClN4O3. The third-order valence-electron chi connectivity index (χ3n) is 3.92. The van der Waals surface area contributed by atoms with Crippen LogP contribution in [-0.2, 0) is 14.3 Å². The molecule has 0 radical (unpaired) electrons. The van der Waals surface area contributed by atoms with Crippen molar-refractivity contribution in [2.45, 2.75) is 6.04 Å². The average molecular weight is 355 g/mol. The quantitative estimate of drug-likeness (QED) is 0.755. The molecule has 1 atom stereocenters. The van der Waals surface area contributed by atoms with Crippen molar-refractivity contribution >= 4 is 29.1 Å². The van der Waals surface area contributed by atoms with Gasteiger partial charge in [-0.1, -0.05) is 11.6 Å². The number of hydrogen-bond donors (Lipinski definition) is 2. The molecule has 0 bridgehead atoms. The third kappa shape index (κ3) is 5.09.